The van der Waals surface area contributed by atoms with Gasteiger partial charge in [-0.3, -0.25) is 4.90 Å². The standard InChI is InChI=1S/C16H23N/c1-14-8-10-17(11-9-14)13-15(2)12-16-6-4-3-5-7-16/h3-7,12,14H,8-11,13H2,1-2H3. The van der Waals surface area contributed by atoms with Gasteiger partial charge < -0.3 is 0 Å². The van der Waals surface area contributed by atoms with Gasteiger partial charge >= 0.3 is 0 Å². The quantitative estimate of drug-likeness (QED) is 0.761. The average Bonchev–Trinajstić information content (AvgIpc) is 2.33. The highest BCUT2D eigenvalue weighted by Crippen LogP contribution is 2.17. The molecule has 0 N–H and O–H groups in total. The predicted molar refractivity (Wildman–Crippen MR) is 74.9 cm³/mol. The predicted octanol–water partition coefficient (Wildman–Crippen LogP) is 3.82. The third-order valence-corrected chi connectivity index (χ3v) is 3.56. The molecule has 1 heteroatoms. The van der Waals surface area contributed by atoms with Crippen molar-refractivity contribution in [1.82, 2.24) is 4.90 Å². The van der Waals surface area contributed by atoms with Crippen molar-refractivity contribution in [1.29, 1.82) is 0 Å². The van der Waals surface area contributed by atoms with Crippen LogP contribution in [0.5, 0.6) is 0 Å². The van der Waals surface area contributed by atoms with Crippen LogP contribution in [0.15, 0.2) is 35.9 Å². The molecule has 1 nitrogen and oxygen atoms in total. The Bertz CT molecular complexity index is 358. The number of benzene rings is 1. The van der Waals surface area contributed by atoms with Gasteiger partial charge in [0.25, 0.3) is 0 Å². The molecule has 0 aliphatic carbocycles. The molecule has 0 radical (unpaired) electrons. The van der Waals surface area contributed by atoms with Gasteiger partial charge in [0.15, 0.2) is 0 Å². The lowest BCUT2D eigenvalue weighted by atomic mass is 9.99. The molecule has 0 unspecified atom stereocenters. The van der Waals surface area contributed by atoms with E-state index < -0.39 is 0 Å². The van der Waals surface area contributed by atoms with Crippen LogP contribution in [0.2, 0.25) is 0 Å². The van der Waals surface area contributed by atoms with Crippen LogP contribution in [0.4, 0.5) is 0 Å². The van der Waals surface area contributed by atoms with Gasteiger partial charge in [-0.1, -0.05) is 48.9 Å². The minimum atomic E-state index is 0.921. The number of nitrogens with zero attached hydrogens (tertiary/aromatic N) is 1. The number of rotatable bonds is 3. The molecule has 0 amide bonds. The Morgan fingerprint density at radius 1 is 1.24 bits per heavy atom. The van der Waals surface area contributed by atoms with E-state index in [1.54, 1.807) is 0 Å². The lowest BCUT2D eigenvalue weighted by molar-refractivity contribution is 0.207. The number of hydrogen-bond acceptors (Lipinski definition) is 1. The average molecular weight is 229 g/mol. The van der Waals surface area contributed by atoms with Crippen molar-refractivity contribution in [3.05, 3.63) is 41.5 Å². The van der Waals surface area contributed by atoms with Crippen molar-refractivity contribution in [3.8, 4) is 0 Å². The minimum absolute atomic E-state index is 0.921. The summed E-state index contributed by atoms with van der Waals surface area (Å²) in [5.41, 5.74) is 2.78. The maximum atomic E-state index is 2.58. The summed E-state index contributed by atoms with van der Waals surface area (Å²) in [6.45, 7) is 8.26. The van der Waals surface area contributed by atoms with Gasteiger partial charge in [0.05, 0.1) is 0 Å². The SMILES string of the molecule is CC(=Cc1ccccc1)CN1CCC(C)CC1. The van der Waals surface area contributed by atoms with Gasteiger partial charge in [-0.25, -0.2) is 0 Å². The molecule has 0 spiro atoms. The van der Waals surface area contributed by atoms with Crippen LogP contribution in [0.3, 0.4) is 0 Å². The van der Waals surface area contributed by atoms with Crippen molar-refractivity contribution < 1.29 is 0 Å². The van der Waals surface area contributed by atoms with E-state index in [0.717, 1.165) is 12.5 Å². The van der Waals surface area contributed by atoms with Gasteiger partial charge in [0, 0.05) is 6.54 Å². The van der Waals surface area contributed by atoms with Crippen molar-refractivity contribution in [2.45, 2.75) is 26.7 Å². The summed E-state index contributed by atoms with van der Waals surface area (Å²) in [5, 5.41) is 0. The highest BCUT2D eigenvalue weighted by molar-refractivity contribution is 5.52. The van der Waals surface area contributed by atoms with Crippen molar-refractivity contribution >= 4 is 6.08 Å². The minimum Gasteiger partial charge on any atom is -0.299 e. The monoisotopic (exact) mass is 229 g/mol. The summed E-state index contributed by atoms with van der Waals surface area (Å²) in [6, 6.07) is 10.6. The second kappa shape index (κ2) is 6.02. The topological polar surface area (TPSA) is 3.24 Å². The summed E-state index contributed by atoms with van der Waals surface area (Å²) in [6.07, 6.45) is 5.02. The molecule has 92 valence electrons. The third kappa shape index (κ3) is 4.01. The third-order valence-electron chi connectivity index (χ3n) is 3.56. The molecule has 1 aliphatic heterocycles. The van der Waals surface area contributed by atoms with Crippen LogP contribution in [0.25, 0.3) is 6.08 Å². The van der Waals surface area contributed by atoms with Crippen LogP contribution in [0, 0.1) is 5.92 Å². The van der Waals surface area contributed by atoms with Gasteiger partial charge in [0.2, 0.25) is 0 Å². The van der Waals surface area contributed by atoms with Crippen molar-refractivity contribution in [3.63, 3.8) is 0 Å². The van der Waals surface area contributed by atoms with Crippen LogP contribution in [-0.2, 0) is 0 Å². The molecule has 17 heavy (non-hydrogen) atoms. The number of piperidine rings is 1. The lowest BCUT2D eigenvalue weighted by Gasteiger charge is -2.30. The molecule has 0 aromatic heterocycles. The van der Waals surface area contributed by atoms with Gasteiger partial charge in [-0.15, -0.1) is 0 Å². The largest absolute Gasteiger partial charge is 0.299 e. The first-order chi connectivity index (χ1) is 8.24. The Hall–Kier alpha value is -1.08. The van der Waals surface area contributed by atoms with E-state index in [0.29, 0.717) is 0 Å². The maximum Gasteiger partial charge on any atom is 0.0193 e. The van der Waals surface area contributed by atoms with Gasteiger partial charge in [-0.2, -0.15) is 0 Å². The maximum absolute atomic E-state index is 2.58. The molecule has 2 rings (SSSR count). The molecule has 0 bridgehead atoms. The molecule has 1 saturated heterocycles. The molecular formula is C16H23N. The zero-order chi connectivity index (χ0) is 12.1. The van der Waals surface area contributed by atoms with E-state index >= 15 is 0 Å². The van der Waals surface area contributed by atoms with E-state index in [1.807, 2.05) is 0 Å². The van der Waals surface area contributed by atoms with Crippen molar-refractivity contribution in [2.24, 2.45) is 5.92 Å². The van der Waals surface area contributed by atoms with Crippen LogP contribution in [-0.4, -0.2) is 24.5 Å². The lowest BCUT2D eigenvalue weighted by Crippen LogP contribution is -2.33. The molecule has 1 aliphatic rings. The molecule has 1 aromatic rings. The smallest absolute Gasteiger partial charge is 0.0193 e. The van der Waals surface area contributed by atoms with E-state index in [2.05, 4.69) is 55.2 Å². The first kappa shape index (κ1) is 12.4. The Kier molecular flexibility index (Phi) is 4.38. The molecule has 0 atom stereocenters. The summed E-state index contributed by atoms with van der Waals surface area (Å²) in [4.78, 5) is 2.58. The van der Waals surface area contributed by atoms with E-state index in [4.69, 9.17) is 0 Å². The number of hydrogen-bond donors (Lipinski definition) is 0. The molecule has 0 saturated carbocycles. The van der Waals surface area contributed by atoms with Crippen LogP contribution >= 0.6 is 0 Å². The second-order valence-corrected chi connectivity index (χ2v) is 5.36. The first-order valence-corrected chi connectivity index (χ1v) is 6.68. The van der Waals surface area contributed by atoms with E-state index in [1.165, 1.54) is 37.1 Å². The fourth-order valence-corrected chi connectivity index (χ4v) is 2.45. The zero-order valence-corrected chi connectivity index (χ0v) is 11.0. The second-order valence-electron chi connectivity index (χ2n) is 5.36. The highest BCUT2D eigenvalue weighted by Gasteiger charge is 2.15. The molecule has 1 aromatic carbocycles. The normalized spacial score (nSPS) is 19.5. The summed E-state index contributed by atoms with van der Waals surface area (Å²) >= 11 is 0. The fraction of sp³-hybridized carbons (Fsp3) is 0.500. The zero-order valence-electron chi connectivity index (χ0n) is 11.0. The Labute approximate surface area is 105 Å². The van der Waals surface area contributed by atoms with Crippen LogP contribution < -0.4 is 0 Å². The summed E-state index contributed by atoms with van der Waals surface area (Å²) in [5.74, 6) is 0.921. The molecule has 1 fully saturated rings. The molecule has 1 heterocycles. The summed E-state index contributed by atoms with van der Waals surface area (Å²) < 4.78 is 0. The van der Waals surface area contributed by atoms with Gasteiger partial charge in [0.1, 0.15) is 0 Å². The highest BCUT2D eigenvalue weighted by atomic mass is 15.1. The Morgan fingerprint density at radius 3 is 2.53 bits per heavy atom. The van der Waals surface area contributed by atoms with Crippen LogP contribution in [0.1, 0.15) is 32.3 Å². The van der Waals surface area contributed by atoms with Crippen molar-refractivity contribution in [2.75, 3.05) is 19.6 Å². The summed E-state index contributed by atoms with van der Waals surface area (Å²) in [7, 11) is 0. The Balaban J connectivity index is 1.88. The van der Waals surface area contributed by atoms with E-state index in [-0.39, 0.29) is 0 Å². The van der Waals surface area contributed by atoms with Gasteiger partial charge in [-0.05, 0) is 44.3 Å². The fourth-order valence-electron chi connectivity index (χ4n) is 2.45. The number of likely N-dealkylation sites (tertiary alicyclic amines) is 1. The first-order valence-electron chi connectivity index (χ1n) is 6.68. The molecular weight excluding hydrogens is 206 g/mol. The van der Waals surface area contributed by atoms with E-state index in [9.17, 15) is 0 Å². The Morgan fingerprint density at radius 2 is 1.88 bits per heavy atom.